The van der Waals surface area contributed by atoms with E-state index in [9.17, 15) is 0 Å². The van der Waals surface area contributed by atoms with Crippen molar-refractivity contribution in [3.8, 4) is 5.75 Å². The lowest BCUT2D eigenvalue weighted by Gasteiger charge is -2.08. The first-order valence-electron chi connectivity index (χ1n) is 6.52. The topological polar surface area (TPSA) is 9.23 Å². The molecule has 2 heteroatoms. The van der Waals surface area contributed by atoms with Crippen molar-refractivity contribution in [3.63, 3.8) is 0 Å². The summed E-state index contributed by atoms with van der Waals surface area (Å²) in [5, 5.41) is 0. The van der Waals surface area contributed by atoms with Gasteiger partial charge >= 0.3 is 0 Å². The molecule has 2 aromatic carbocycles. The number of hydrogen-bond donors (Lipinski definition) is 0. The first-order chi connectivity index (χ1) is 9.17. The van der Waals surface area contributed by atoms with E-state index in [-0.39, 0.29) is 0 Å². The monoisotopic (exact) mass is 274 g/mol. The van der Waals surface area contributed by atoms with Gasteiger partial charge in [-0.05, 0) is 48.2 Å². The molecule has 0 atom stereocenters. The van der Waals surface area contributed by atoms with E-state index in [1.165, 1.54) is 16.7 Å². The number of halogens is 1. The van der Waals surface area contributed by atoms with Crippen LogP contribution in [-0.4, -0.2) is 6.61 Å². The molecule has 100 valence electrons. The molecule has 0 N–H and O–H groups in total. The van der Waals surface area contributed by atoms with Gasteiger partial charge in [-0.3, -0.25) is 0 Å². The van der Waals surface area contributed by atoms with Gasteiger partial charge in [0, 0.05) is 12.3 Å². The zero-order valence-corrected chi connectivity index (χ0v) is 12.2. The molecular weight excluding hydrogens is 256 g/mol. The average molecular weight is 275 g/mol. The van der Waals surface area contributed by atoms with Crippen molar-refractivity contribution in [1.29, 1.82) is 0 Å². The third-order valence-electron chi connectivity index (χ3n) is 3.03. The Morgan fingerprint density at radius 1 is 0.895 bits per heavy atom. The van der Waals surface area contributed by atoms with Crippen LogP contribution in [0.1, 0.15) is 22.3 Å². The van der Waals surface area contributed by atoms with Crippen LogP contribution in [0, 0.1) is 13.8 Å². The maximum absolute atomic E-state index is 5.80. The minimum atomic E-state index is 0.569. The van der Waals surface area contributed by atoms with E-state index in [1.54, 1.807) is 0 Å². The molecule has 0 unspecified atom stereocenters. The van der Waals surface area contributed by atoms with Crippen molar-refractivity contribution in [1.82, 2.24) is 0 Å². The summed E-state index contributed by atoms with van der Waals surface area (Å²) in [6.07, 6.45) is 0.912. The van der Waals surface area contributed by atoms with E-state index in [0.29, 0.717) is 12.5 Å². The predicted molar refractivity (Wildman–Crippen MR) is 81.1 cm³/mol. The molecule has 0 radical (unpaired) electrons. The first-order valence-corrected chi connectivity index (χ1v) is 7.06. The average Bonchev–Trinajstić information content (AvgIpc) is 2.38. The van der Waals surface area contributed by atoms with Crippen molar-refractivity contribution in [2.75, 3.05) is 6.61 Å². The standard InChI is InChI=1S/C17H19ClO/c1-13-9-14(2)11-17(10-13)19-8-7-15-3-5-16(12-18)6-4-15/h3-6,9-11H,7-8,12H2,1-2H3. The molecule has 0 fully saturated rings. The maximum Gasteiger partial charge on any atom is 0.119 e. The molecule has 0 bridgehead atoms. The van der Waals surface area contributed by atoms with Gasteiger partial charge in [-0.1, -0.05) is 30.3 Å². The lowest BCUT2D eigenvalue weighted by molar-refractivity contribution is 0.321. The summed E-state index contributed by atoms with van der Waals surface area (Å²) in [6.45, 7) is 4.87. The van der Waals surface area contributed by atoms with Crippen LogP contribution >= 0.6 is 11.6 Å². The minimum absolute atomic E-state index is 0.569. The second-order valence-corrected chi connectivity index (χ2v) is 5.14. The highest BCUT2D eigenvalue weighted by molar-refractivity contribution is 6.17. The molecule has 0 aliphatic rings. The summed E-state index contributed by atoms with van der Waals surface area (Å²) in [7, 11) is 0. The van der Waals surface area contributed by atoms with Crippen molar-refractivity contribution in [3.05, 3.63) is 64.7 Å². The van der Waals surface area contributed by atoms with Crippen LogP contribution in [-0.2, 0) is 12.3 Å². The molecule has 0 saturated heterocycles. The molecule has 2 rings (SSSR count). The zero-order valence-electron chi connectivity index (χ0n) is 11.4. The number of hydrogen-bond acceptors (Lipinski definition) is 1. The molecule has 0 aromatic heterocycles. The summed E-state index contributed by atoms with van der Waals surface area (Å²) < 4.78 is 5.80. The van der Waals surface area contributed by atoms with Crippen LogP contribution in [0.2, 0.25) is 0 Å². The number of ether oxygens (including phenoxy) is 1. The summed E-state index contributed by atoms with van der Waals surface area (Å²) >= 11 is 5.77. The first kappa shape index (κ1) is 14.0. The van der Waals surface area contributed by atoms with Gasteiger partial charge in [-0.2, -0.15) is 0 Å². The number of benzene rings is 2. The number of rotatable bonds is 5. The largest absolute Gasteiger partial charge is 0.493 e. The van der Waals surface area contributed by atoms with Crippen molar-refractivity contribution in [2.45, 2.75) is 26.1 Å². The summed E-state index contributed by atoms with van der Waals surface area (Å²) in [5.74, 6) is 1.52. The van der Waals surface area contributed by atoms with Gasteiger partial charge in [-0.25, -0.2) is 0 Å². The van der Waals surface area contributed by atoms with Crippen LogP contribution in [0.3, 0.4) is 0 Å². The molecular formula is C17H19ClO. The van der Waals surface area contributed by atoms with Crippen LogP contribution in [0.4, 0.5) is 0 Å². The lowest BCUT2D eigenvalue weighted by Crippen LogP contribution is -2.01. The van der Waals surface area contributed by atoms with Crippen molar-refractivity contribution >= 4 is 11.6 Å². The highest BCUT2D eigenvalue weighted by Crippen LogP contribution is 2.16. The number of alkyl halides is 1. The molecule has 0 heterocycles. The molecule has 0 aliphatic heterocycles. The Morgan fingerprint density at radius 2 is 1.47 bits per heavy atom. The fourth-order valence-corrected chi connectivity index (χ4v) is 2.28. The minimum Gasteiger partial charge on any atom is -0.493 e. The van der Waals surface area contributed by atoms with E-state index in [4.69, 9.17) is 16.3 Å². The van der Waals surface area contributed by atoms with E-state index in [2.05, 4.69) is 56.3 Å². The molecule has 0 spiro atoms. The van der Waals surface area contributed by atoms with Crippen LogP contribution in [0.15, 0.2) is 42.5 Å². The van der Waals surface area contributed by atoms with Gasteiger partial charge in [0.05, 0.1) is 6.61 Å². The Labute approximate surface area is 120 Å². The van der Waals surface area contributed by atoms with Gasteiger partial charge in [0.25, 0.3) is 0 Å². The molecule has 0 amide bonds. The normalized spacial score (nSPS) is 10.5. The second kappa shape index (κ2) is 6.63. The van der Waals surface area contributed by atoms with Crippen LogP contribution in [0.25, 0.3) is 0 Å². The Hall–Kier alpha value is -1.47. The van der Waals surface area contributed by atoms with Crippen molar-refractivity contribution in [2.24, 2.45) is 0 Å². The Morgan fingerprint density at radius 3 is 2.05 bits per heavy atom. The second-order valence-electron chi connectivity index (χ2n) is 4.87. The van der Waals surface area contributed by atoms with Crippen LogP contribution < -0.4 is 4.74 Å². The Kier molecular flexibility index (Phi) is 4.86. The highest BCUT2D eigenvalue weighted by atomic mass is 35.5. The van der Waals surface area contributed by atoms with E-state index in [0.717, 1.165) is 17.7 Å². The SMILES string of the molecule is Cc1cc(C)cc(OCCc2ccc(CCl)cc2)c1. The zero-order chi connectivity index (χ0) is 13.7. The van der Waals surface area contributed by atoms with Gasteiger partial charge < -0.3 is 4.74 Å². The van der Waals surface area contributed by atoms with E-state index < -0.39 is 0 Å². The quantitative estimate of drug-likeness (QED) is 0.721. The fourth-order valence-electron chi connectivity index (χ4n) is 2.10. The van der Waals surface area contributed by atoms with Crippen molar-refractivity contribution < 1.29 is 4.74 Å². The smallest absolute Gasteiger partial charge is 0.119 e. The predicted octanol–water partition coefficient (Wildman–Crippen LogP) is 4.66. The van der Waals surface area contributed by atoms with Gasteiger partial charge in [0.2, 0.25) is 0 Å². The Bertz CT molecular complexity index is 511. The highest BCUT2D eigenvalue weighted by Gasteiger charge is 1.98. The third kappa shape index (κ3) is 4.29. The summed E-state index contributed by atoms with van der Waals surface area (Å²) in [4.78, 5) is 0. The lowest BCUT2D eigenvalue weighted by atomic mass is 10.1. The maximum atomic E-state index is 5.80. The van der Waals surface area contributed by atoms with E-state index in [1.807, 2.05) is 0 Å². The Balaban J connectivity index is 1.88. The van der Waals surface area contributed by atoms with Crippen LogP contribution in [0.5, 0.6) is 5.75 Å². The van der Waals surface area contributed by atoms with E-state index >= 15 is 0 Å². The fraction of sp³-hybridized carbons (Fsp3) is 0.294. The molecule has 0 aliphatic carbocycles. The molecule has 2 aromatic rings. The molecule has 1 nitrogen and oxygen atoms in total. The molecule has 19 heavy (non-hydrogen) atoms. The summed E-state index contributed by atoms with van der Waals surface area (Å²) in [5.41, 5.74) is 4.90. The number of aryl methyl sites for hydroxylation is 2. The van der Waals surface area contributed by atoms with Gasteiger partial charge in [0.15, 0.2) is 0 Å². The third-order valence-corrected chi connectivity index (χ3v) is 3.34. The van der Waals surface area contributed by atoms with Gasteiger partial charge in [0.1, 0.15) is 5.75 Å². The summed E-state index contributed by atoms with van der Waals surface area (Å²) in [6, 6.07) is 14.7. The van der Waals surface area contributed by atoms with Gasteiger partial charge in [-0.15, -0.1) is 11.6 Å². The molecule has 0 saturated carbocycles.